The molecule has 1 aromatic carbocycles. The highest BCUT2D eigenvalue weighted by molar-refractivity contribution is 7.11. The summed E-state index contributed by atoms with van der Waals surface area (Å²) < 4.78 is 5.25. The van der Waals surface area contributed by atoms with E-state index in [1.165, 1.54) is 11.3 Å². The van der Waals surface area contributed by atoms with Crippen LogP contribution in [0.5, 0.6) is 0 Å². The van der Waals surface area contributed by atoms with Gasteiger partial charge in [0.25, 0.3) is 0 Å². The standard InChI is InChI=1S/C26H32N6O5S/c1-3-37-25(35)20-16-28-23(24-27-10-15-38-24)29-21(20)17-31-11-13-32(14-12-31)26(36)30(2)19-7-4-18(5-8-19)6-9-22(33)34/h4-5,7-8,10,15H,3,6,9,11-14,16-17H2,1-2H3,(H,28,29)(H,33,34). The molecule has 2 aromatic rings. The molecular formula is C26H32N6O5S. The molecule has 0 saturated carbocycles. The summed E-state index contributed by atoms with van der Waals surface area (Å²) in [6.07, 6.45) is 2.25. The van der Waals surface area contributed by atoms with Crippen molar-refractivity contribution in [2.75, 3.05) is 57.8 Å². The number of rotatable bonds is 9. The van der Waals surface area contributed by atoms with E-state index in [2.05, 4.69) is 20.2 Å². The lowest BCUT2D eigenvalue weighted by atomic mass is 10.1. The van der Waals surface area contributed by atoms with Gasteiger partial charge in [0.05, 0.1) is 18.7 Å². The maximum absolute atomic E-state index is 13.1. The summed E-state index contributed by atoms with van der Waals surface area (Å²) in [5, 5.41) is 14.8. The number of urea groups is 1. The molecule has 2 amide bonds. The minimum Gasteiger partial charge on any atom is -0.481 e. The Kier molecular flexibility index (Phi) is 9.08. The number of hydrogen-bond donors (Lipinski definition) is 2. The number of amides is 2. The van der Waals surface area contributed by atoms with Crippen LogP contribution in [0.15, 0.2) is 52.1 Å². The molecule has 11 nitrogen and oxygen atoms in total. The predicted molar refractivity (Wildman–Crippen MR) is 145 cm³/mol. The van der Waals surface area contributed by atoms with Crippen LogP contribution in [0, 0.1) is 0 Å². The van der Waals surface area contributed by atoms with Crippen molar-refractivity contribution in [3.05, 3.63) is 57.7 Å². The normalized spacial score (nSPS) is 16.1. The number of hydrogen-bond acceptors (Lipinski definition) is 9. The fourth-order valence-electron chi connectivity index (χ4n) is 4.29. The number of aliphatic carboxylic acids is 1. The highest BCUT2D eigenvalue weighted by atomic mass is 32.1. The zero-order valence-electron chi connectivity index (χ0n) is 21.6. The Hall–Kier alpha value is -3.77. The molecule has 0 aliphatic carbocycles. The number of nitrogens with one attached hydrogen (secondary N) is 1. The van der Waals surface area contributed by atoms with Crippen LogP contribution in [0.1, 0.15) is 23.9 Å². The molecule has 2 aliphatic heterocycles. The van der Waals surface area contributed by atoms with E-state index in [4.69, 9.17) is 9.84 Å². The van der Waals surface area contributed by atoms with Gasteiger partial charge in [0.1, 0.15) is 0 Å². The minimum absolute atomic E-state index is 0.0745. The molecule has 0 spiro atoms. The van der Waals surface area contributed by atoms with Gasteiger partial charge in [-0.1, -0.05) is 12.1 Å². The number of anilines is 1. The van der Waals surface area contributed by atoms with Gasteiger partial charge >= 0.3 is 18.0 Å². The molecule has 0 unspecified atom stereocenters. The first-order valence-corrected chi connectivity index (χ1v) is 13.4. The second-order valence-electron chi connectivity index (χ2n) is 8.97. The number of benzene rings is 1. The summed E-state index contributed by atoms with van der Waals surface area (Å²) in [6.45, 7) is 5.21. The minimum atomic E-state index is -0.832. The number of nitrogens with zero attached hydrogens (tertiary/aromatic N) is 5. The number of amidine groups is 1. The molecule has 2 N–H and O–H groups in total. The van der Waals surface area contributed by atoms with Crippen LogP contribution < -0.4 is 10.2 Å². The second-order valence-corrected chi connectivity index (χ2v) is 9.86. The molecule has 202 valence electrons. The molecule has 0 radical (unpaired) electrons. The summed E-state index contributed by atoms with van der Waals surface area (Å²) in [6, 6.07) is 7.30. The van der Waals surface area contributed by atoms with Crippen LogP contribution >= 0.6 is 11.3 Å². The Morgan fingerprint density at radius 1 is 1.16 bits per heavy atom. The molecule has 3 heterocycles. The van der Waals surface area contributed by atoms with Gasteiger partial charge in [0, 0.05) is 69.2 Å². The van der Waals surface area contributed by atoms with Gasteiger partial charge in [-0.25, -0.2) is 14.6 Å². The lowest BCUT2D eigenvalue weighted by molar-refractivity contribution is -0.139. The van der Waals surface area contributed by atoms with Gasteiger partial charge in [-0.05, 0) is 31.0 Å². The number of thiazole rings is 1. The third-order valence-corrected chi connectivity index (χ3v) is 7.23. The number of piperazine rings is 1. The average Bonchev–Trinajstić information content (AvgIpc) is 3.47. The first-order chi connectivity index (χ1) is 18.4. The van der Waals surface area contributed by atoms with E-state index < -0.39 is 5.97 Å². The number of aryl methyl sites for hydroxylation is 1. The molecule has 0 bridgehead atoms. The third-order valence-electron chi connectivity index (χ3n) is 6.45. The summed E-state index contributed by atoms with van der Waals surface area (Å²) >= 11 is 1.48. The first kappa shape index (κ1) is 27.3. The molecule has 4 rings (SSSR count). The van der Waals surface area contributed by atoms with Crippen LogP contribution in [0.2, 0.25) is 0 Å². The Morgan fingerprint density at radius 2 is 1.89 bits per heavy atom. The lowest BCUT2D eigenvalue weighted by Gasteiger charge is -2.37. The molecular weight excluding hydrogens is 508 g/mol. The highest BCUT2D eigenvalue weighted by Gasteiger charge is 2.28. The summed E-state index contributed by atoms with van der Waals surface area (Å²) in [5.41, 5.74) is 2.93. The molecule has 38 heavy (non-hydrogen) atoms. The number of carbonyl (C=O) groups excluding carboxylic acids is 2. The van der Waals surface area contributed by atoms with Gasteiger partial charge in [-0.3, -0.25) is 19.6 Å². The van der Waals surface area contributed by atoms with Crippen molar-refractivity contribution in [1.29, 1.82) is 0 Å². The Labute approximate surface area is 225 Å². The van der Waals surface area contributed by atoms with Gasteiger partial charge in [0.15, 0.2) is 10.8 Å². The molecule has 2 aliphatic rings. The molecule has 1 aromatic heterocycles. The smallest absolute Gasteiger partial charge is 0.337 e. The third kappa shape index (κ3) is 6.75. The van der Waals surface area contributed by atoms with E-state index in [-0.39, 0.29) is 31.6 Å². The van der Waals surface area contributed by atoms with Crippen molar-refractivity contribution in [3.63, 3.8) is 0 Å². The predicted octanol–water partition coefficient (Wildman–Crippen LogP) is 2.20. The number of carboxylic acids is 1. The van der Waals surface area contributed by atoms with E-state index in [1.54, 1.807) is 25.1 Å². The van der Waals surface area contributed by atoms with Crippen LogP contribution in [0.3, 0.4) is 0 Å². The number of ether oxygens (including phenoxy) is 1. The number of carbonyl (C=O) groups is 3. The van der Waals surface area contributed by atoms with E-state index in [9.17, 15) is 14.4 Å². The van der Waals surface area contributed by atoms with Crippen molar-refractivity contribution in [2.45, 2.75) is 19.8 Å². The van der Waals surface area contributed by atoms with E-state index in [1.807, 2.05) is 34.5 Å². The largest absolute Gasteiger partial charge is 0.481 e. The van der Waals surface area contributed by atoms with Crippen LogP contribution in [0.25, 0.3) is 0 Å². The van der Waals surface area contributed by atoms with Crippen molar-refractivity contribution in [2.24, 2.45) is 4.99 Å². The van der Waals surface area contributed by atoms with E-state index in [0.717, 1.165) is 22.0 Å². The SMILES string of the molecule is CCOC(=O)C1=C(CN2CCN(C(=O)N(C)c3ccc(CCC(=O)O)cc3)CC2)NC(c2nccs2)=NC1. The van der Waals surface area contributed by atoms with Crippen LogP contribution in [-0.2, 0) is 20.7 Å². The Bertz CT molecular complexity index is 1200. The van der Waals surface area contributed by atoms with E-state index >= 15 is 0 Å². The lowest BCUT2D eigenvalue weighted by Crippen LogP contribution is -2.53. The molecule has 1 saturated heterocycles. The van der Waals surface area contributed by atoms with Crippen molar-refractivity contribution in [3.8, 4) is 0 Å². The summed E-state index contributed by atoms with van der Waals surface area (Å²) in [7, 11) is 1.74. The second kappa shape index (κ2) is 12.7. The summed E-state index contributed by atoms with van der Waals surface area (Å²) in [5.74, 6) is -0.560. The Morgan fingerprint density at radius 3 is 2.53 bits per heavy atom. The fourth-order valence-corrected chi connectivity index (χ4v) is 4.89. The van der Waals surface area contributed by atoms with Gasteiger partial charge < -0.3 is 20.1 Å². The van der Waals surface area contributed by atoms with Crippen molar-refractivity contribution in [1.82, 2.24) is 20.1 Å². The highest BCUT2D eigenvalue weighted by Crippen LogP contribution is 2.19. The zero-order valence-corrected chi connectivity index (χ0v) is 22.4. The monoisotopic (exact) mass is 540 g/mol. The van der Waals surface area contributed by atoms with E-state index in [0.29, 0.717) is 50.6 Å². The first-order valence-electron chi connectivity index (χ1n) is 12.5. The van der Waals surface area contributed by atoms with Crippen molar-refractivity contribution >= 4 is 40.8 Å². The quantitative estimate of drug-likeness (QED) is 0.464. The van der Waals surface area contributed by atoms with Gasteiger partial charge in [0.2, 0.25) is 0 Å². The maximum atomic E-state index is 13.1. The zero-order chi connectivity index (χ0) is 27.1. The van der Waals surface area contributed by atoms with Crippen LogP contribution in [-0.4, -0.2) is 96.6 Å². The topological polar surface area (TPSA) is 128 Å². The van der Waals surface area contributed by atoms with Gasteiger partial charge in [-0.2, -0.15) is 0 Å². The number of esters is 1. The van der Waals surface area contributed by atoms with Gasteiger partial charge in [-0.15, -0.1) is 11.3 Å². The molecule has 12 heteroatoms. The van der Waals surface area contributed by atoms with Crippen LogP contribution in [0.4, 0.5) is 10.5 Å². The molecule has 1 fully saturated rings. The number of carboxylic acid groups (broad SMARTS) is 1. The Balaban J connectivity index is 1.34. The molecule has 0 atom stereocenters. The number of aromatic nitrogens is 1. The fraction of sp³-hybridized carbons (Fsp3) is 0.423. The average molecular weight is 541 g/mol. The maximum Gasteiger partial charge on any atom is 0.337 e. The summed E-state index contributed by atoms with van der Waals surface area (Å²) in [4.78, 5) is 50.9. The number of aliphatic imine (C=N–C) groups is 1. The van der Waals surface area contributed by atoms with Crippen molar-refractivity contribution < 1.29 is 24.2 Å².